The van der Waals surface area contributed by atoms with Gasteiger partial charge in [-0.05, 0) is 18.9 Å². The maximum Gasteiger partial charge on any atom is 0.127 e. The Balaban J connectivity index is 2.84. The number of benzene rings is 1. The SMILES string of the molecule is C=CCC(C=O)c1ccc(C)cc1. The molecule has 0 aliphatic carbocycles. The van der Waals surface area contributed by atoms with E-state index >= 15 is 0 Å². The van der Waals surface area contributed by atoms with Gasteiger partial charge in [-0.2, -0.15) is 0 Å². The van der Waals surface area contributed by atoms with Crippen molar-refractivity contribution >= 4 is 6.29 Å². The zero-order valence-electron chi connectivity index (χ0n) is 7.86. The minimum absolute atomic E-state index is 0.0295. The van der Waals surface area contributed by atoms with Gasteiger partial charge in [-0.3, -0.25) is 0 Å². The fraction of sp³-hybridized carbons (Fsp3) is 0.250. The number of allylic oxidation sites excluding steroid dienone is 1. The Morgan fingerprint density at radius 2 is 2.00 bits per heavy atom. The smallest absolute Gasteiger partial charge is 0.127 e. The molecule has 0 aromatic heterocycles. The van der Waals surface area contributed by atoms with E-state index in [0.717, 1.165) is 11.8 Å². The normalized spacial score (nSPS) is 12.1. The van der Waals surface area contributed by atoms with Crippen molar-refractivity contribution in [2.75, 3.05) is 0 Å². The lowest BCUT2D eigenvalue weighted by molar-refractivity contribution is -0.109. The Kier molecular flexibility index (Phi) is 3.44. The van der Waals surface area contributed by atoms with Crippen LogP contribution in [0.5, 0.6) is 0 Å². The molecule has 0 aliphatic heterocycles. The summed E-state index contributed by atoms with van der Waals surface area (Å²) in [5, 5.41) is 0. The van der Waals surface area contributed by atoms with E-state index in [1.54, 1.807) is 6.08 Å². The molecule has 1 aromatic carbocycles. The lowest BCUT2D eigenvalue weighted by Crippen LogP contribution is -1.98. The summed E-state index contributed by atoms with van der Waals surface area (Å²) in [6.07, 6.45) is 3.47. The van der Waals surface area contributed by atoms with Crippen molar-refractivity contribution in [2.24, 2.45) is 0 Å². The second-order valence-corrected chi connectivity index (χ2v) is 3.18. The first-order valence-electron chi connectivity index (χ1n) is 4.40. The molecule has 0 aliphatic rings. The van der Waals surface area contributed by atoms with Crippen LogP contribution in [0, 0.1) is 6.92 Å². The maximum absolute atomic E-state index is 10.7. The number of hydrogen-bond acceptors (Lipinski definition) is 1. The van der Waals surface area contributed by atoms with Crippen molar-refractivity contribution in [1.82, 2.24) is 0 Å². The fourth-order valence-corrected chi connectivity index (χ4v) is 1.26. The molecule has 1 heteroatoms. The molecule has 0 bridgehead atoms. The molecule has 0 saturated carbocycles. The van der Waals surface area contributed by atoms with Crippen molar-refractivity contribution < 1.29 is 4.79 Å². The summed E-state index contributed by atoms with van der Waals surface area (Å²) in [6.45, 7) is 5.67. The van der Waals surface area contributed by atoms with E-state index in [9.17, 15) is 4.79 Å². The molecule has 1 unspecified atom stereocenters. The highest BCUT2D eigenvalue weighted by molar-refractivity contribution is 5.62. The first kappa shape index (κ1) is 9.72. The topological polar surface area (TPSA) is 17.1 Å². The number of carbonyl (C=O) groups excluding carboxylic acids is 1. The molecule has 1 aromatic rings. The Bertz CT molecular complexity index is 284. The fourth-order valence-electron chi connectivity index (χ4n) is 1.26. The van der Waals surface area contributed by atoms with E-state index in [1.165, 1.54) is 5.56 Å². The molecule has 0 N–H and O–H groups in total. The van der Waals surface area contributed by atoms with Crippen molar-refractivity contribution in [3.05, 3.63) is 48.0 Å². The zero-order chi connectivity index (χ0) is 9.68. The number of aryl methyl sites for hydroxylation is 1. The number of hydrogen-bond donors (Lipinski definition) is 0. The standard InChI is InChI=1S/C12H14O/c1-3-4-12(9-13)11-7-5-10(2)6-8-11/h3,5-9,12H,1,4H2,2H3. The lowest BCUT2D eigenvalue weighted by Gasteiger charge is -2.07. The highest BCUT2D eigenvalue weighted by Gasteiger charge is 2.06. The molecule has 0 amide bonds. The predicted molar refractivity (Wildman–Crippen MR) is 54.8 cm³/mol. The minimum atomic E-state index is -0.0295. The third kappa shape index (κ3) is 2.55. The van der Waals surface area contributed by atoms with Crippen LogP contribution in [0.4, 0.5) is 0 Å². The first-order valence-corrected chi connectivity index (χ1v) is 4.40. The van der Waals surface area contributed by atoms with E-state index in [-0.39, 0.29) is 5.92 Å². The summed E-state index contributed by atoms with van der Waals surface area (Å²) in [4.78, 5) is 10.7. The van der Waals surface area contributed by atoms with Crippen LogP contribution in [0.1, 0.15) is 23.5 Å². The Hall–Kier alpha value is -1.37. The minimum Gasteiger partial charge on any atom is -0.303 e. The molecular formula is C12H14O. The van der Waals surface area contributed by atoms with Crippen molar-refractivity contribution in [3.8, 4) is 0 Å². The van der Waals surface area contributed by atoms with Gasteiger partial charge < -0.3 is 4.79 Å². The number of rotatable bonds is 4. The van der Waals surface area contributed by atoms with Crippen LogP contribution in [0.25, 0.3) is 0 Å². The summed E-state index contributed by atoms with van der Waals surface area (Å²) in [7, 11) is 0. The van der Waals surface area contributed by atoms with Gasteiger partial charge in [0.25, 0.3) is 0 Å². The van der Waals surface area contributed by atoms with Gasteiger partial charge >= 0.3 is 0 Å². The molecule has 1 rings (SSSR count). The Labute approximate surface area is 79.1 Å². The lowest BCUT2D eigenvalue weighted by atomic mass is 9.96. The van der Waals surface area contributed by atoms with Gasteiger partial charge in [0, 0.05) is 5.92 Å². The summed E-state index contributed by atoms with van der Waals surface area (Å²) < 4.78 is 0. The van der Waals surface area contributed by atoms with Crippen LogP contribution in [0.15, 0.2) is 36.9 Å². The van der Waals surface area contributed by atoms with Crippen molar-refractivity contribution in [2.45, 2.75) is 19.3 Å². The second kappa shape index (κ2) is 4.61. The summed E-state index contributed by atoms with van der Waals surface area (Å²) in [5.74, 6) is -0.0295. The third-order valence-corrected chi connectivity index (χ3v) is 2.09. The van der Waals surface area contributed by atoms with E-state index < -0.39 is 0 Å². The zero-order valence-corrected chi connectivity index (χ0v) is 7.86. The largest absolute Gasteiger partial charge is 0.303 e. The van der Waals surface area contributed by atoms with Gasteiger partial charge in [0.2, 0.25) is 0 Å². The summed E-state index contributed by atoms with van der Waals surface area (Å²) in [5.41, 5.74) is 2.28. The molecule has 0 saturated heterocycles. The van der Waals surface area contributed by atoms with E-state index in [4.69, 9.17) is 0 Å². The molecule has 1 atom stereocenters. The quantitative estimate of drug-likeness (QED) is 0.506. The van der Waals surface area contributed by atoms with Gasteiger partial charge in [-0.25, -0.2) is 0 Å². The Morgan fingerprint density at radius 3 is 2.46 bits per heavy atom. The van der Waals surface area contributed by atoms with Crippen LogP contribution in [0.2, 0.25) is 0 Å². The predicted octanol–water partition coefficient (Wildman–Crippen LogP) is 2.85. The van der Waals surface area contributed by atoms with E-state index in [0.29, 0.717) is 6.42 Å². The molecule has 0 spiro atoms. The van der Waals surface area contributed by atoms with Gasteiger partial charge in [-0.1, -0.05) is 35.9 Å². The van der Waals surface area contributed by atoms with Gasteiger partial charge in [0.05, 0.1) is 0 Å². The summed E-state index contributed by atoms with van der Waals surface area (Å²) in [6, 6.07) is 8.04. The van der Waals surface area contributed by atoms with Gasteiger partial charge in [0.1, 0.15) is 6.29 Å². The monoisotopic (exact) mass is 174 g/mol. The van der Waals surface area contributed by atoms with E-state index in [2.05, 4.69) is 6.58 Å². The van der Waals surface area contributed by atoms with Crippen LogP contribution >= 0.6 is 0 Å². The average molecular weight is 174 g/mol. The van der Waals surface area contributed by atoms with Crippen LogP contribution in [-0.2, 0) is 4.79 Å². The third-order valence-electron chi connectivity index (χ3n) is 2.09. The van der Waals surface area contributed by atoms with Crippen LogP contribution < -0.4 is 0 Å². The summed E-state index contributed by atoms with van der Waals surface area (Å²) >= 11 is 0. The molecule has 13 heavy (non-hydrogen) atoms. The number of aldehydes is 1. The van der Waals surface area contributed by atoms with Crippen molar-refractivity contribution in [3.63, 3.8) is 0 Å². The highest BCUT2D eigenvalue weighted by Crippen LogP contribution is 2.17. The van der Waals surface area contributed by atoms with Gasteiger partial charge in [-0.15, -0.1) is 6.58 Å². The first-order chi connectivity index (χ1) is 6.27. The number of carbonyl (C=O) groups is 1. The molecule has 0 radical (unpaired) electrons. The molecular weight excluding hydrogens is 160 g/mol. The molecule has 68 valence electrons. The van der Waals surface area contributed by atoms with Crippen LogP contribution in [0.3, 0.4) is 0 Å². The average Bonchev–Trinajstić information content (AvgIpc) is 2.16. The second-order valence-electron chi connectivity index (χ2n) is 3.18. The maximum atomic E-state index is 10.7. The van der Waals surface area contributed by atoms with Crippen LogP contribution in [-0.4, -0.2) is 6.29 Å². The van der Waals surface area contributed by atoms with Gasteiger partial charge in [0.15, 0.2) is 0 Å². The Morgan fingerprint density at radius 1 is 1.38 bits per heavy atom. The van der Waals surface area contributed by atoms with E-state index in [1.807, 2.05) is 31.2 Å². The molecule has 0 heterocycles. The molecule has 0 fully saturated rings. The molecule has 1 nitrogen and oxygen atoms in total. The van der Waals surface area contributed by atoms with Crippen molar-refractivity contribution in [1.29, 1.82) is 0 Å². The highest BCUT2D eigenvalue weighted by atomic mass is 16.1.